The van der Waals surface area contributed by atoms with E-state index in [0.29, 0.717) is 12.1 Å². The number of likely N-dealkylation sites (N-methyl/N-ethyl adjacent to an activating group) is 1. The van der Waals surface area contributed by atoms with Crippen LogP contribution in [0, 0.1) is 13.8 Å². The summed E-state index contributed by atoms with van der Waals surface area (Å²) in [7, 11) is 1.64. The number of amides is 2. The van der Waals surface area contributed by atoms with Gasteiger partial charge in [-0.05, 0) is 26.7 Å². The Bertz CT molecular complexity index is 498. The Morgan fingerprint density at radius 3 is 2.52 bits per heavy atom. The molecule has 1 aliphatic rings. The maximum absolute atomic E-state index is 12.3. The number of aromatic nitrogens is 2. The molecule has 21 heavy (non-hydrogen) atoms. The van der Waals surface area contributed by atoms with Gasteiger partial charge in [0.25, 0.3) is 5.91 Å². The zero-order valence-electron chi connectivity index (χ0n) is 12.8. The lowest BCUT2D eigenvalue weighted by Gasteiger charge is -2.31. The average Bonchev–Trinajstić information content (AvgIpc) is 2.80. The van der Waals surface area contributed by atoms with E-state index in [0.717, 1.165) is 37.3 Å². The molecule has 116 valence electrons. The minimum absolute atomic E-state index is 0.0298. The maximum Gasteiger partial charge on any atom is 0.255 e. The van der Waals surface area contributed by atoms with Crippen LogP contribution in [-0.2, 0) is 4.79 Å². The van der Waals surface area contributed by atoms with Gasteiger partial charge in [-0.25, -0.2) is 0 Å². The summed E-state index contributed by atoms with van der Waals surface area (Å²) in [6.07, 6.45) is 1.72. The van der Waals surface area contributed by atoms with Crippen LogP contribution in [0.1, 0.15) is 34.6 Å². The molecule has 0 atom stereocenters. The van der Waals surface area contributed by atoms with Crippen LogP contribution in [0.15, 0.2) is 0 Å². The fourth-order valence-electron chi connectivity index (χ4n) is 2.66. The molecule has 2 amide bonds. The lowest BCUT2D eigenvalue weighted by Crippen LogP contribution is -2.47. The minimum atomic E-state index is -0.0662. The first-order valence-corrected chi connectivity index (χ1v) is 7.26. The molecule has 7 heteroatoms. The Labute approximate surface area is 124 Å². The summed E-state index contributed by atoms with van der Waals surface area (Å²) in [5, 5.41) is 12.6. The van der Waals surface area contributed by atoms with Crippen LogP contribution in [-0.4, -0.2) is 59.6 Å². The number of rotatable bonds is 4. The highest BCUT2D eigenvalue weighted by atomic mass is 16.2. The molecule has 1 aliphatic heterocycles. The molecule has 1 saturated heterocycles. The Balaban J connectivity index is 1.84. The number of nitrogens with one attached hydrogen (secondary N) is 3. The van der Waals surface area contributed by atoms with Crippen molar-refractivity contribution in [1.82, 2.24) is 25.7 Å². The Hall–Kier alpha value is -1.89. The smallest absolute Gasteiger partial charge is 0.255 e. The van der Waals surface area contributed by atoms with Crippen LogP contribution in [0.25, 0.3) is 0 Å². The van der Waals surface area contributed by atoms with Gasteiger partial charge in [0.2, 0.25) is 5.91 Å². The molecule has 0 radical (unpaired) electrons. The van der Waals surface area contributed by atoms with E-state index in [-0.39, 0.29) is 17.9 Å². The van der Waals surface area contributed by atoms with Gasteiger partial charge in [0.05, 0.1) is 17.8 Å². The van der Waals surface area contributed by atoms with Crippen LogP contribution >= 0.6 is 0 Å². The molecule has 3 N–H and O–H groups in total. The number of hydrogen-bond donors (Lipinski definition) is 3. The van der Waals surface area contributed by atoms with Crippen molar-refractivity contribution >= 4 is 11.8 Å². The van der Waals surface area contributed by atoms with Gasteiger partial charge in [0, 0.05) is 31.9 Å². The van der Waals surface area contributed by atoms with Gasteiger partial charge in [0.1, 0.15) is 0 Å². The van der Waals surface area contributed by atoms with E-state index in [2.05, 4.69) is 25.7 Å². The molecular formula is C14H23N5O2. The van der Waals surface area contributed by atoms with Crippen molar-refractivity contribution in [2.75, 3.05) is 26.7 Å². The number of carbonyl (C=O) groups is 2. The highest BCUT2D eigenvalue weighted by molar-refractivity contribution is 5.96. The van der Waals surface area contributed by atoms with Crippen molar-refractivity contribution in [3.05, 3.63) is 17.0 Å². The lowest BCUT2D eigenvalue weighted by atomic mass is 10.0. The summed E-state index contributed by atoms with van der Waals surface area (Å²) >= 11 is 0. The quantitative estimate of drug-likeness (QED) is 0.727. The fraction of sp³-hybridized carbons (Fsp3) is 0.643. The number of H-pyrrole nitrogens is 1. The first kappa shape index (κ1) is 15.5. The monoisotopic (exact) mass is 293 g/mol. The standard InChI is InChI=1S/C14H23N5O2/c1-9-13(10(2)18-17-9)14(21)16-11-4-6-19(7-5-11)8-12(20)15-3/h11H,4-8H2,1-3H3,(H,15,20)(H,16,21)(H,17,18). The maximum atomic E-state index is 12.3. The molecule has 0 bridgehead atoms. The average molecular weight is 293 g/mol. The van der Waals surface area contributed by atoms with E-state index in [9.17, 15) is 9.59 Å². The van der Waals surface area contributed by atoms with Gasteiger partial charge in [-0.15, -0.1) is 0 Å². The van der Waals surface area contributed by atoms with E-state index < -0.39 is 0 Å². The van der Waals surface area contributed by atoms with Crippen molar-refractivity contribution in [2.45, 2.75) is 32.7 Å². The Kier molecular flexibility index (Phi) is 4.95. The normalized spacial score (nSPS) is 16.7. The molecule has 1 aromatic heterocycles. The van der Waals surface area contributed by atoms with Crippen LogP contribution < -0.4 is 10.6 Å². The third kappa shape index (κ3) is 3.81. The second-order valence-corrected chi connectivity index (χ2v) is 5.51. The molecule has 2 heterocycles. The van der Waals surface area contributed by atoms with Crippen molar-refractivity contribution < 1.29 is 9.59 Å². The van der Waals surface area contributed by atoms with Crippen molar-refractivity contribution in [3.8, 4) is 0 Å². The van der Waals surface area contributed by atoms with Crippen LogP contribution in [0.5, 0.6) is 0 Å². The molecule has 7 nitrogen and oxygen atoms in total. The van der Waals surface area contributed by atoms with Gasteiger partial charge in [-0.3, -0.25) is 19.6 Å². The molecule has 2 rings (SSSR count). The number of aromatic amines is 1. The highest BCUT2D eigenvalue weighted by Crippen LogP contribution is 2.13. The number of likely N-dealkylation sites (tertiary alicyclic amines) is 1. The topological polar surface area (TPSA) is 90.1 Å². The van der Waals surface area contributed by atoms with Crippen molar-refractivity contribution in [1.29, 1.82) is 0 Å². The summed E-state index contributed by atoms with van der Waals surface area (Å²) in [5.41, 5.74) is 2.16. The third-order valence-corrected chi connectivity index (χ3v) is 3.92. The number of nitrogens with zero attached hydrogens (tertiary/aromatic N) is 2. The molecular weight excluding hydrogens is 270 g/mol. The first-order valence-electron chi connectivity index (χ1n) is 7.26. The molecule has 0 unspecified atom stereocenters. The Morgan fingerprint density at radius 2 is 2.00 bits per heavy atom. The molecule has 0 aromatic carbocycles. The minimum Gasteiger partial charge on any atom is -0.358 e. The van der Waals surface area contributed by atoms with Gasteiger partial charge >= 0.3 is 0 Å². The molecule has 1 aromatic rings. The van der Waals surface area contributed by atoms with Crippen LogP contribution in [0.4, 0.5) is 0 Å². The van der Waals surface area contributed by atoms with Gasteiger partial charge < -0.3 is 10.6 Å². The second kappa shape index (κ2) is 6.71. The van der Waals surface area contributed by atoms with E-state index in [1.807, 2.05) is 13.8 Å². The number of aryl methyl sites for hydroxylation is 2. The predicted molar refractivity (Wildman–Crippen MR) is 79.1 cm³/mol. The summed E-state index contributed by atoms with van der Waals surface area (Å²) in [4.78, 5) is 25.7. The SMILES string of the molecule is CNC(=O)CN1CCC(NC(=O)c2c(C)n[nH]c2C)CC1. The first-order chi connectivity index (χ1) is 10.0. The van der Waals surface area contributed by atoms with Crippen LogP contribution in [0.2, 0.25) is 0 Å². The van der Waals surface area contributed by atoms with E-state index in [4.69, 9.17) is 0 Å². The third-order valence-electron chi connectivity index (χ3n) is 3.92. The molecule has 0 spiro atoms. The zero-order chi connectivity index (χ0) is 15.4. The van der Waals surface area contributed by atoms with E-state index in [1.165, 1.54) is 0 Å². The number of hydrogen-bond acceptors (Lipinski definition) is 4. The molecule has 0 saturated carbocycles. The van der Waals surface area contributed by atoms with E-state index in [1.54, 1.807) is 7.05 Å². The fourth-order valence-corrected chi connectivity index (χ4v) is 2.66. The van der Waals surface area contributed by atoms with Gasteiger partial charge in [-0.2, -0.15) is 5.10 Å². The highest BCUT2D eigenvalue weighted by Gasteiger charge is 2.24. The van der Waals surface area contributed by atoms with E-state index >= 15 is 0 Å². The summed E-state index contributed by atoms with van der Waals surface area (Å²) in [6.45, 7) is 5.74. The molecule has 1 fully saturated rings. The van der Waals surface area contributed by atoms with Crippen molar-refractivity contribution in [3.63, 3.8) is 0 Å². The largest absolute Gasteiger partial charge is 0.358 e. The van der Waals surface area contributed by atoms with Gasteiger partial charge in [0.15, 0.2) is 0 Å². The second-order valence-electron chi connectivity index (χ2n) is 5.51. The predicted octanol–water partition coefficient (Wildman–Crippen LogP) is -0.0333. The lowest BCUT2D eigenvalue weighted by molar-refractivity contribution is -0.122. The van der Waals surface area contributed by atoms with Crippen LogP contribution in [0.3, 0.4) is 0 Å². The summed E-state index contributed by atoms with van der Waals surface area (Å²) in [6, 6.07) is 0.159. The number of carbonyl (C=O) groups excluding carboxylic acids is 2. The van der Waals surface area contributed by atoms with Gasteiger partial charge in [-0.1, -0.05) is 0 Å². The summed E-state index contributed by atoms with van der Waals surface area (Å²) < 4.78 is 0. The zero-order valence-corrected chi connectivity index (χ0v) is 12.8. The van der Waals surface area contributed by atoms with Crippen molar-refractivity contribution in [2.24, 2.45) is 0 Å². The Morgan fingerprint density at radius 1 is 1.33 bits per heavy atom. The summed E-state index contributed by atoms with van der Waals surface area (Å²) in [5.74, 6) is -0.0365. The number of piperidine rings is 1. The molecule has 0 aliphatic carbocycles.